The second-order valence-corrected chi connectivity index (χ2v) is 35.3. The molecule has 3 aliphatic carbocycles. The van der Waals surface area contributed by atoms with Crippen LogP contribution < -0.4 is 11.1 Å². The lowest BCUT2D eigenvalue weighted by molar-refractivity contribution is -0.318. The zero-order valence-electron chi connectivity index (χ0n) is 68.7. The van der Waals surface area contributed by atoms with Crippen molar-refractivity contribution in [1.29, 1.82) is 0 Å². The summed E-state index contributed by atoms with van der Waals surface area (Å²) in [5.74, 6) is -11.1. The van der Waals surface area contributed by atoms with Gasteiger partial charge in [0, 0.05) is 56.1 Å². The molecule has 0 unspecified atom stereocenters. The number of hydrogen-bond acceptors (Lipinski definition) is 30. The van der Waals surface area contributed by atoms with Crippen molar-refractivity contribution in [3.05, 3.63) is 52.0 Å². The van der Waals surface area contributed by atoms with Gasteiger partial charge in [0.25, 0.3) is 5.91 Å². The summed E-state index contributed by atoms with van der Waals surface area (Å²) in [5, 5.41) is 146. The smallest absolute Gasteiger partial charge is 0.311 e. The number of ether oxygens (including phenoxy) is 7. The average molecular weight is 1640 g/mol. The highest BCUT2D eigenvalue weighted by Gasteiger charge is 2.68. The third-order valence-corrected chi connectivity index (χ3v) is 26.0. The lowest BCUT2D eigenvalue weighted by atomic mass is 9.55. The number of nitrogens with one attached hydrogen (secondary N) is 1. The van der Waals surface area contributed by atoms with Crippen LogP contribution in [0.2, 0.25) is 0 Å². The normalized spacial score (nSPS) is 42.5. The number of amides is 2. The number of methoxy groups -OCH3 is 1. The molecule has 5 saturated heterocycles. The van der Waals surface area contributed by atoms with Gasteiger partial charge in [-0.2, -0.15) is 0 Å². The van der Waals surface area contributed by atoms with Crippen molar-refractivity contribution >= 4 is 52.7 Å². The van der Waals surface area contributed by atoms with E-state index in [0.717, 1.165) is 25.8 Å². The molecule has 0 saturated carbocycles. The molecule has 0 bridgehead atoms. The number of halogens is 1. The summed E-state index contributed by atoms with van der Waals surface area (Å²) in [7, 11) is 12.0. The van der Waals surface area contributed by atoms with Crippen LogP contribution in [-0.4, -0.2) is 345 Å². The van der Waals surface area contributed by atoms with E-state index in [1.165, 1.54) is 50.9 Å². The number of aliphatic hydroxyl groups is 12. The number of Topliss-reactive ketones (excluding diaryl/α,β-unsaturated/α-hetero) is 2. The third-order valence-electron chi connectivity index (χ3n) is 24.8. The van der Waals surface area contributed by atoms with Crippen molar-refractivity contribution in [1.82, 2.24) is 24.9 Å². The van der Waals surface area contributed by atoms with Crippen molar-refractivity contribution in [3.63, 3.8) is 0 Å². The van der Waals surface area contributed by atoms with Crippen molar-refractivity contribution in [3.8, 4) is 5.75 Å². The SMILES string of the molecule is CCC[C@@H]1C[C@@H](C(=O)N[C@@H]([C@H]2O[C@H](SC)[C@H](O)[C@@H](O)[C@H]2O)[C@H](C)Cl)N(C)C1.CC[C@H]1OC(=O)[C@H](C)[C@@H](O[C@H]2C[C@@](C)(OC)[C@@H](O)[C@H](C)O2)[C@H](C)[C@@H](O[C@@H]2O[C@H](C)C[C@H](N(C)C)[C@H]2O)[C@](C)(O)C[C@@H](C)CN(C)[C@H](C)[C@@H](O)[C@]1(C)O.C[C@H]1c2cccc(O)c2C(=O)C2=C(O)[C@]3(O)C(=O)C(C(N)=O)=C(O)[C@@H](N(C)C)[C@@H]3[C@@H](O)[C@@H]21.O. The van der Waals surface area contributed by atoms with Gasteiger partial charge in [-0.25, -0.2) is 0 Å². The number of carbonyl (C=O) groups is 5. The number of cyclic esters (lactones) is 1. The van der Waals surface area contributed by atoms with Crippen LogP contribution in [0, 0.1) is 35.5 Å². The predicted octanol–water partition coefficient (Wildman–Crippen LogP) is 1.12. The number of likely N-dealkylation sites (N-methyl/N-ethyl adjacent to an activating group) is 4. The number of esters is 1. The zero-order valence-corrected chi connectivity index (χ0v) is 70.3. The van der Waals surface area contributed by atoms with Crippen LogP contribution in [0.25, 0.3) is 0 Å². The van der Waals surface area contributed by atoms with Crippen molar-refractivity contribution in [2.75, 3.05) is 68.7 Å². The lowest BCUT2D eigenvalue weighted by Crippen LogP contribution is -2.68. The van der Waals surface area contributed by atoms with E-state index in [2.05, 4.69) is 12.2 Å². The van der Waals surface area contributed by atoms with Crippen LogP contribution >= 0.6 is 23.4 Å². The minimum absolute atomic E-state index is 0. The fourth-order valence-electron chi connectivity index (χ4n) is 18.4. The van der Waals surface area contributed by atoms with Gasteiger partial charge in [0.1, 0.15) is 82.7 Å². The molecule has 1 aromatic carbocycles. The monoisotopic (exact) mass is 1630 g/mol. The number of aromatic hydroxyl groups is 1. The van der Waals surface area contributed by atoms with Gasteiger partial charge in [-0.3, -0.25) is 33.8 Å². The second kappa shape index (κ2) is 38.6. The number of phenolic OH excluding ortho intramolecular Hbond substituents is 1. The number of hydrogen-bond donors (Lipinski definition) is 15. The third kappa shape index (κ3) is 19.5. The maximum absolute atomic E-state index is 14.2. The van der Waals surface area contributed by atoms with Gasteiger partial charge in [0.05, 0.1) is 82.6 Å². The molecule has 34 heteroatoms. The van der Waals surface area contributed by atoms with Crippen LogP contribution in [0.4, 0.5) is 0 Å². The number of fused-ring (bicyclic) bond motifs is 3. The molecule has 33 atom stereocenters. The molecule has 0 spiro atoms. The van der Waals surface area contributed by atoms with E-state index >= 15 is 0 Å². The number of benzene rings is 1. The number of carbonyl (C=O) groups excluding carboxylic acids is 5. The molecule has 642 valence electrons. The van der Waals surface area contributed by atoms with Crippen LogP contribution in [0.1, 0.15) is 157 Å². The highest BCUT2D eigenvalue weighted by molar-refractivity contribution is 7.99. The Balaban J connectivity index is 0.000000279. The minimum Gasteiger partial charge on any atom is -0.510 e. The van der Waals surface area contributed by atoms with Gasteiger partial charge in [0.2, 0.25) is 11.7 Å². The van der Waals surface area contributed by atoms with Gasteiger partial charge >= 0.3 is 5.97 Å². The molecular formula is C78H131ClN6O26S. The van der Waals surface area contributed by atoms with E-state index in [4.69, 9.17) is 50.5 Å². The Hall–Kier alpha value is -4.35. The summed E-state index contributed by atoms with van der Waals surface area (Å²) >= 11 is 7.55. The number of primary amides is 1. The van der Waals surface area contributed by atoms with Crippen molar-refractivity contribution < 1.29 is 129 Å². The highest BCUT2D eigenvalue weighted by atomic mass is 35.5. The first-order valence-corrected chi connectivity index (χ1v) is 40.5. The highest BCUT2D eigenvalue weighted by Crippen LogP contribution is 2.56. The number of thioether (sulfide) groups is 1. The number of phenols is 1. The molecule has 0 aromatic heterocycles. The molecule has 0 radical (unpaired) electrons. The minimum atomic E-state index is -2.89. The number of nitrogens with two attached hydrogens (primary N) is 1. The van der Waals surface area contributed by atoms with Gasteiger partial charge in [-0.05, 0) is 165 Å². The standard InChI is InChI=1S/C38H72N2O12.C22H24N2O8.C18H33ClN2O5S.H2O/c1-15-27-38(10,46)31(42)24(6)40(13)19-20(2)17-36(8,45)33(52-35-29(41)26(39(11)12)16-21(3)48-35)22(4)30(23(5)34(44)50-27)51-28-18-37(9,47-14)32(43)25(7)49-28;1-7-8-5-4-6-9(25)11(8)16(26)12-10(7)17(27)14-15(24(2)3)18(28)13(21(23)31)20(30)22(14,32)19(12)29;1-5-6-10-7-11(21(3)8-10)17(25)20-12(9(2)19)16-14(23)13(22)15(24)18(26-16)27-4;/h20-33,35,41-43,45-46H,15-19H2,1-14H3;4-7,10,14-15,17,25,27-29,32H,1-3H3,(H2,23,31);9-16,18,22-24H,5-8H2,1-4H3,(H,20,25);1H2/t20-,21-,22+,23-,24-,25+,26+,27-,28+,29-,30+,31-,32+,33-,35+,36-,37-,38-;7-,10+,14+,15-,17-,22-;9-,10+,11-,12+,13-,14+,15+,16+,18+;/m100./s1. The summed E-state index contributed by atoms with van der Waals surface area (Å²) in [4.78, 5) is 72.8. The number of ketones is 2. The van der Waals surface area contributed by atoms with Crippen molar-refractivity contribution in [2.45, 2.75) is 296 Å². The van der Waals surface area contributed by atoms with Gasteiger partial charge in [0.15, 0.2) is 24.0 Å². The molecule has 2 amide bonds. The Morgan fingerprint density at radius 2 is 1.43 bits per heavy atom. The number of aliphatic hydroxyl groups excluding tert-OH is 9. The van der Waals surface area contributed by atoms with E-state index in [1.54, 1.807) is 73.8 Å². The molecule has 32 nitrogen and oxygen atoms in total. The largest absolute Gasteiger partial charge is 0.510 e. The number of rotatable bonds is 16. The first-order valence-electron chi connectivity index (χ1n) is 38.7. The maximum atomic E-state index is 14.2. The van der Waals surface area contributed by atoms with E-state index in [1.807, 2.05) is 63.7 Å². The van der Waals surface area contributed by atoms with Crippen LogP contribution in [0.15, 0.2) is 40.9 Å². The summed E-state index contributed by atoms with van der Waals surface area (Å²) in [6, 6.07) is 1.43. The first-order chi connectivity index (χ1) is 51.5. The van der Waals surface area contributed by atoms with Gasteiger partial charge < -0.3 is 126 Å². The molecule has 5 aliphatic heterocycles. The summed E-state index contributed by atoms with van der Waals surface area (Å²) in [6.07, 6.45) is -9.88. The molecule has 112 heavy (non-hydrogen) atoms. The van der Waals surface area contributed by atoms with Gasteiger partial charge in [-0.1, -0.05) is 53.2 Å². The van der Waals surface area contributed by atoms with E-state index in [9.17, 15) is 90.4 Å². The Bertz CT molecular complexity index is 3450. The number of likely N-dealkylation sites (tertiary alicyclic amines) is 1. The molecule has 8 aliphatic rings. The van der Waals surface area contributed by atoms with Crippen LogP contribution in [0.5, 0.6) is 5.75 Å². The Morgan fingerprint density at radius 1 is 0.804 bits per heavy atom. The maximum Gasteiger partial charge on any atom is 0.311 e. The molecule has 1 aromatic rings. The predicted molar refractivity (Wildman–Crippen MR) is 414 cm³/mol. The topological polar surface area (TPSA) is 495 Å². The Morgan fingerprint density at radius 3 is 1.98 bits per heavy atom. The lowest BCUT2D eigenvalue weighted by Gasteiger charge is -2.53. The molecule has 18 N–H and O–H groups in total. The summed E-state index contributed by atoms with van der Waals surface area (Å²) < 4.78 is 43.3. The van der Waals surface area contributed by atoms with E-state index in [-0.39, 0.29) is 66.1 Å². The Labute approximate surface area is 667 Å². The van der Waals surface area contributed by atoms with E-state index in [0.29, 0.717) is 24.4 Å². The van der Waals surface area contributed by atoms with Crippen LogP contribution in [-0.2, 0) is 52.3 Å². The summed E-state index contributed by atoms with van der Waals surface area (Å²) in [6.45, 7) is 24.5. The average Bonchev–Trinajstić information content (AvgIpc) is 0.725. The van der Waals surface area contributed by atoms with E-state index < -0.39 is 213 Å². The van der Waals surface area contributed by atoms with Gasteiger partial charge in [-0.15, -0.1) is 23.4 Å². The zero-order chi connectivity index (χ0) is 83.8. The molecule has 5 heterocycles. The quantitative estimate of drug-likeness (QED) is 0.0626. The van der Waals surface area contributed by atoms with Crippen LogP contribution in [0.3, 0.4) is 0 Å². The fraction of sp³-hybridized carbons (Fsp3) is 0.808. The molecular weight excluding hydrogens is 1500 g/mol. The van der Waals surface area contributed by atoms with Crippen molar-refractivity contribution in [2.24, 2.45) is 41.2 Å². The Kier molecular flexibility index (Phi) is 33.2. The fourth-order valence-corrected chi connectivity index (χ4v) is 19.3. The number of nitrogens with zero attached hydrogens (tertiary/aromatic N) is 4. The second-order valence-electron chi connectivity index (χ2n) is 33.7. The molecule has 5 fully saturated rings. The molecule has 9 rings (SSSR count). The number of alkyl halides is 1. The summed E-state index contributed by atoms with van der Waals surface area (Å²) in [5.41, 5.74) is -3.71. The first kappa shape index (κ1) is 96.5.